The molecule has 0 radical (unpaired) electrons. The molecule has 0 spiro atoms. The Morgan fingerprint density at radius 1 is 1.20 bits per heavy atom. The molecule has 0 aliphatic rings. The van der Waals surface area contributed by atoms with E-state index in [0.717, 1.165) is 10.1 Å². The fraction of sp³-hybridized carbons (Fsp3) is 0.167. The summed E-state index contributed by atoms with van der Waals surface area (Å²) in [6, 6.07) is 12.8. The molecule has 1 aromatic heterocycles. The van der Waals surface area contributed by atoms with Crippen molar-refractivity contribution in [3.8, 4) is 11.5 Å². The van der Waals surface area contributed by atoms with Crippen LogP contribution in [0.15, 0.2) is 53.6 Å². The van der Waals surface area contributed by atoms with Gasteiger partial charge in [-0.3, -0.25) is 14.2 Å². The second-order valence-electron chi connectivity index (χ2n) is 5.37. The van der Waals surface area contributed by atoms with Gasteiger partial charge in [-0.25, -0.2) is 4.98 Å². The lowest BCUT2D eigenvalue weighted by molar-refractivity contribution is -0.137. The molecule has 0 atom stereocenters. The molecule has 7 nitrogen and oxygen atoms in total. The summed E-state index contributed by atoms with van der Waals surface area (Å²) in [5, 5.41) is 9.13. The Kier molecular flexibility index (Phi) is 4.65. The van der Waals surface area contributed by atoms with Crippen LogP contribution in [-0.4, -0.2) is 27.7 Å². The summed E-state index contributed by atoms with van der Waals surface area (Å²) >= 11 is 0. The molecule has 0 saturated carbocycles. The van der Waals surface area contributed by atoms with Crippen LogP contribution in [0.4, 0.5) is 0 Å². The first-order valence-corrected chi connectivity index (χ1v) is 7.54. The number of carboxylic acid groups (broad SMARTS) is 1. The lowest BCUT2D eigenvalue weighted by atomic mass is 10.2. The average Bonchev–Trinajstić information content (AvgIpc) is 2.62. The van der Waals surface area contributed by atoms with E-state index in [1.165, 1.54) is 19.5 Å². The Bertz CT molecular complexity index is 966. The fourth-order valence-electron chi connectivity index (χ4n) is 2.43. The largest absolute Gasteiger partial charge is 0.493 e. The van der Waals surface area contributed by atoms with Crippen LogP contribution in [0.25, 0.3) is 10.9 Å². The predicted molar refractivity (Wildman–Crippen MR) is 91.0 cm³/mol. The molecule has 3 aromatic rings. The number of fused-ring (bicyclic) bond motifs is 1. The van der Waals surface area contributed by atoms with Gasteiger partial charge in [0.05, 0.1) is 24.3 Å². The zero-order valence-electron chi connectivity index (χ0n) is 13.5. The van der Waals surface area contributed by atoms with Crippen LogP contribution in [0.3, 0.4) is 0 Å². The van der Waals surface area contributed by atoms with Gasteiger partial charge in [0.1, 0.15) is 13.2 Å². The standard InChI is InChI=1S/C18H16N2O5/c1-24-15-7-13-14(19-11-20(18(13)23)9-17(21)22)8-16(15)25-10-12-5-3-2-4-6-12/h2-8,11H,9-10H2,1H3,(H,21,22). The number of benzene rings is 2. The summed E-state index contributed by atoms with van der Waals surface area (Å²) in [7, 11) is 1.47. The van der Waals surface area contributed by atoms with E-state index in [2.05, 4.69) is 4.98 Å². The third kappa shape index (κ3) is 3.60. The fourth-order valence-corrected chi connectivity index (χ4v) is 2.43. The van der Waals surface area contributed by atoms with E-state index in [1.54, 1.807) is 6.07 Å². The van der Waals surface area contributed by atoms with E-state index in [0.29, 0.717) is 23.6 Å². The smallest absolute Gasteiger partial charge is 0.323 e. The maximum absolute atomic E-state index is 12.4. The summed E-state index contributed by atoms with van der Waals surface area (Å²) < 4.78 is 12.1. The van der Waals surface area contributed by atoms with Gasteiger partial charge in [-0.2, -0.15) is 0 Å². The van der Waals surface area contributed by atoms with Gasteiger partial charge in [-0.05, 0) is 11.6 Å². The molecule has 0 aliphatic carbocycles. The molecule has 0 saturated heterocycles. The van der Waals surface area contributed by atoms with Crippen LogP contribution in [0.5, 0.6) is 11.5 Å². The van der Waals surface area contributed by atoms with Crippen molar-refractivity contribution < 1.29 is 19.4 Å². The van der Waals surface area contributed by atoms with Gasteiger partial charge in [0, 0.05) is 6.07 Å². The van der Waals surface area contributed by atoms with Crippen molar-refractivity contribution in [3.05, 3.63) is 64.7 Å². The molecule has 25 heavy (non-hydrogen) atoms. The first kappa shape index (κ1) is 16.5. The van der Waals surface area contributed by atoms with E-state index in [-0.39, 0.29) is 5.39 Å². The van der Waals surface area contributed by atoms with Crippen molar-refractivity contribution in [2.75, 3.05) is 7.11 Å². The Balaban J connectivity index is 1.97. The Morgan fingerprint density at radius 3 is 2.64 bits per heavy atom. The molecule has 0 aliphatic heterocycles. The van der Waals surface area contributed by atoms with Crippen LogP contribution in [0.2, 0.25) is 0 Å². The maximum atomic E-state index is 12.4. The van der Waals surface area contributed by atoms with Gasteiger partial charge in [0.25, 0.3) is 5.56 Å². The van der Waals surface area contributed by atoms with Crippen molar-refractivity contribution in [2.24, 2.45) is 0 Å². The number of rotatable bonds is 6. The molecular formula is C18H16N2O5. The van der Waals surface area contributed by atoms with Gasteiger partial charge >= 0.3 is 5.97 Å². The number of aliphatic carboxylic acids is 1. The van der Waals surface area contributed by atoms with Gasteiger partial charge < -0.3 is 14.6 Å². The normalized spacial score (nSPS) is 10.6. The highest BCUT2D eigenvalue weighted by Crippen LogP contribution is 2.31. The lowest BCUT2D eigenvalue weighted by Crippen LogP contribution is -2.24. The third-order valence-electron chi connectivity index (χ3n) is 3.65. The van der Waals surface area contributed by atoms with Crippen LogP contribution >= 0.6 is 0 Å². The molecule has 0 amide bonds. The van der Waals surface area contributed by atoms with Gasteiger partial charge in [-0.1, -0.05) is 30.3 Å². The minimum atomic E-state index is -1.11. The van der Waals surface area contributed by atoms with Crippen molar-refractivity contribution in [3.63, 3.8) is 0 Å². The van der Waals surface area contributed by atoms with Crippen molar-refractivity contribution in [2.45, 2.75) is 13.2 Å². The molecule has 7 heteroatoms. The first-order valence-electron chi connectivity index (χ1n) is 7.54. The highest BCUT2D eigenvalue weighted by atomic mass is 16.5. The highest BCUT2D eigenvalue weighted by Gasteiger charge is 2.13. The van der Waals surface area contributed by atoms with E-state index in [1.807, 2.05) is 30.3 Å². The highest BCUT2D eigenvalue weighted by molar-refractivity contribution is 5.82. The second kappa shape index (κ2) is 7.04. The predicted octanol–water partition coefficient (Wildman–Crippen LogP) is 2.07. The second-order valence-corrected chi connectivity index (χ2v) is 5.37. The SMILES string of the molecule is COc1cc2c(=O)n(CC(=O)O)cnc2cc1OCc1ccccc1. The third-order valence-corrected chi connectivity index (χ3v) is 3.65. The van der Waals surface area contributed by atoms with E-state index < -0.39 is 18.1 Å². The number of hydrogen-bond donors (Lipinski definition) is 1. The van der Waals surface area contributed by atoms with Crippen LogP contribution in [-0.2, 0) is 17.9 Å². The monoisotopic (exact) mass is 340 g/mol. The van der Waals surface area contributed by atoms with Gasteiger partial charge in [0.15, 0.2) is 11.5 Å². The topological polar surface area (TPSA) is 90.7 Å². The number of hydrogen-bond acceptors (Lipinski definition) is 5. The van der Waals surface area contributed by atoms with Crippen molar-refractivity contribution >= 4 is 16.9 Å². The van der Waals surface area contributed by atoms with E-state index in [4.69, 9.17) is 14.6 Å². The molecule has 2 aromatic carbocycles. The van der Waals surface area contributed by atoms with E-state index in [9.17, 15) is 9.59 Å². The summed E-state index contributed by atoms with van der Waals surface area (Å²) in [5.74, 6) is -0.268. The Labute approximate surface area is 143 Å². The Morgan fingerprint density at radius 2 is 1.96 bits per heavy atom. The number of nitrogens with zero attached hydrogens (tertiary/aromatic N) is 2. The number of ether oxygens (including phenoxy) is 2. The lowest BCUT2D eigenvalue weighted by Gasteiger charge is -2.12. The molecule has 0 fully saturated rings. The minimum absolute atomic E-state index is 0.271. The first-order chi connectivity index (χ1) is 12.1. The summed E-state index contributed by atoms with van der Waals surface area (Å²) in [6.45, 7) is -0.102. The number of carbonyl (C=O) groups is 1. The van der Waals surface area contributed by atoms with Crippen LogP contribution in [0, 0.1) is 0 Å². The van der Waals surface area contributed by atoms with Crippen LogP contribution in [0.1, 0.15) is 5.56 Å². The minimum Gasteiger partial charge on any atom is -0.493 e. The van der Waals surface area contributed by atoms with Crippen molar-refractivity contribution in [1.29, 1.82) is 0 Å². The molecule has 0 unspecified atom stereocenters. The Hall–Kier alpha value is -3.35. The zero-order chi connectivity index (χ0) is 17.8. The molecule has 0 bridgehead atoms. The number of aromatic nitrogens is 2. The molecular weight excluding hydrogens is 324 g/mol. The summed E-state index contributed by atoms with van der Waals surface area (Å²) in [5.41, 5.74) is 0.963. The summed E-state index contributed by atoms with van der Waals surface area (Å²) in [6.07, 6.45) is 1.21. The van der Waals surface area contributed by atoms with Crippen LogP contribution < -0.4 is 15.0 Å². The summed E-state index contributed by atoms with van der Waals surface area (Å²) in [4.78, 5) is 27.4. The molecule has 3 rings (SSSR count). The van der Waals surface area contributed by atoms with Crippen molar-refractivity contribution in [1.82, 2.24) is 9.55 Å². The zero-order valence-corrected chi connectivity index (χ0v) is 13.5. The molecule has 1 heterocycles. The quantitative estimate of drug-likeness (QED) is 0.739. The average molecular weight is 340 g/mol. The number of methoxy groups -OCH3 is 1. The maximum Gasteiger partial charge on any atom is 0.323 e. The molecule has 1 N–H and O–H groups in total. The number of carboxylic acids is 1. The van der Waals surface area contributed by atoms with E-state index >= 15 is 0 Å². The molecule has 128 valence electrons. The van der Waals surface area contributed by atoms with Gasteiger partial charge in [0.2, 0.25) is 0 Å². The van der Waals surface area contributed by atoms with Gasteiger partial charge in [-0.15, -0.1) is 0 Å².